The van der Waals surface area contributed by atoms with Crippen molar-refractivity contribution in [3.8, 4) is 0 Å². The Balaban J connectivity index is 2.67. The van der Waals surface area contributed by atoms with Gasteiger partial charge in [-0.25, -0.2) is 0 Å². The predicted molar refractivity (Wildman–Crippen MR) is 89.2 cm³/mol. The lowest BCUT2D eigenvalue weighted by Gasteiger charge is -2.30. The zero-order valence-corrected chi connectivity index (χ0v) is 12.9. The van der Waals surface area contributed by atoms with Crippen LogP contribution in [-0.4, -0.2) is 23.6 Å². The summed E-state index contributed by atoms with van der Waals surface area (Å²) in [6, 6.07) is 12.5. The highest BCUT2D eigenvalue weighted by atomic mass is 16.4. The van der Waals surface area contributed by atoms with Gasteiger partial charge in [0, 0.05) is 29.2 Å². The highest BCUT2D eigenvalue weighted by molar-refractivity contribution is 6.11. The maximum absolute atomic E-state index is 8.95. The van der Waals surface area contributed by atoms with Crippen LogP contribution in [0.5, 0.6) is 0 Å². The Hall–Kier alpha value is -2.23. The van der Waals surface area contributed by atoms with Gasteiger partial charge in [0.05, 0.1) is 0 Å². The Morgan fingerprint density at radius 1 is 1.19 bits per heavy atom. The Labute approximate surface area is 125 Å². The first-order chi connectivity index (χ1) is 10.1. The van der Waals surface area contributed by atoms with Crippen molar-refractivity contribution in [3.63, 3.8) is 0 Å². The van der Waals surface area contributed by atoms with Gasteiger partial charge in [-0.3, -0.25) is 0 Å². The van der Waals surface area contributed by atoms with Crippen LogP contribution in [0.3, 0.4) is 0 Å². The number of nitrogens with zero attached hydrogens (tertiary/aromatic N) is 2. The fourth-order valence-electron chi connectivity index (χ4n) is 2.71. The van der Waals surface area contributed by atoms with Crippen molar-refractivity contribution < 1.29 is 5.21 Å². The summed E-state index contributed by atoms with van der Waals surface area (Å²) in [5, 5.41) is 14.2. The summed E-state index contributed by atoms with van der Waals surface area (Å²) in [6.07, 6.45) is 1.09. The number of anilines is 1. The molecule has 21 heavy (non-hydrogen) atoms. The summed E-state index contributed by atoms with van der Waals surface area (Å²) >= 11 is 0. The number of amidine groups is 1. The largest absolute Gasteiger partial charge is 0.409 e. The summed E-state index contributed by atoms with van der Waals surface area (Å²) in [5.74, 6) is 0.143. The average molecular weight is 285 g/mol. The third-order valence-electron chi connectivity index (χ3n) is 3.68. The normalized spacial score (nSPS) is 12.1. The lowest BCUT2D eigenvalue weighted by Crippen LogP contribution is -2.31. The molecule has 4 heteroatoms. The molecule has 0 aliphatic rings. The molecule has 2 aromatic carbocycles. The molecule has 0 unspecified atom stereocenters. The molecule has 112 valence electrons. The van der Waals surface area contributed by atoms with Crippen molar-refractivity contribution in [2.75, 3.05) is 11.4 Å². The first-order valence-electron chi connectivity index (χ1n) is 7.36. The summed E-state index contributed by atoms with van der Waals surface area (Å²) in [5.41, 5.74) is 7.74. The molecule has 0 spiro atoms. The minimum atomic E-state index is 0.143. The summed E-state index contributed by atoms with van der Waals surface area (Å²) < 4.78 is 0. The van der Waals surface area contributed by atoms with E-state index in [1.165, 1.54) is 5.69 Å². The van der Waals surface area contributed by atoms with Crippen LogP contribution in [0, 0.1) is 0 Å². The number of nitrogens with two attached hydrogens (primary N) is 1. The van der Waals surface area contributed by atoms with E-state index in [-0.39, 0.29) is 5.84 Å². The quantitative estimate of drug-likeness (QED) is 0.382. The van der Waals surface area contributed by atoms with Crippen molar-refractivity contribution in [2.45, 2.75) is 33.2 Å². The van der Waals surface area contributed by atoms with E-state index >= 15 is 0 Å². The molecule has 0 fully saturated rings. The van der Waals surface area contributed by atoms with Gasteiger partial charge >= 0.3 is 0 Å². The zero-order valence-electron chi connectivity index (χ0n) is 12.9. The Morgan fingerprint density at radius 3 is 2.43 bits per heavy atom. The maximum Gasteiger partial charge on any atom is 0.170 e. The fraction of sp³-hybridized carbons (Fsp3) is 0.353. The number of benzene rings is 2. The molecule has 0 saturated heterocycles. The predicted octanol–water partition coefficient (Wildman–Crippen LogP) is 3.56. The van der Waals surface area contributed by atoms with Crippen LogP contribution in [0.1, 0.15) is 32.8 Å². The molecule has 0 atom stereocenters. The minimum absolute atomic E-state index is 0.143. The monoisotopic (exact) mass is 285 g/mol. The lowest BCUT2D eigenvalue weighted by atomic mass is 10.0. The van der Waals surface area contributed by atoms with Gasteiger partial charge in [-0.1, -0.05) is 36.3 Å². The second-order valence-electron chi connectivity index (χ2n) is 5.45. The van der Waals surface area contributed by atoms with E-state index in [4.69, 9.17) is 10.9 Å². The molecular weight excluding hydrogens is 262 g/mol. The van der Waals surface area contributed by atoms with Crippen LogP contribution in [0.15, 0.2) is 41.6 Å². The molecule has 0 aliphatic heterocycles. The van der Waals surface area contributed by atoms with Gasteiger partial charge in [0.15, 0.2) is 5.84 Å². The number of fused-ring (bicyclic) bond motifs is 1. The van der Waals surface area contributed by atoms with Gasteiger partial charge < -0.3 is 15.8 Å². The van der Waals surface area contributed by atoms with Gasteiger partial charge in [-0.15, -0.1) is 0 Å². The van der Waals surface area contributed by atoms with Crippen LogP contribution in [0.4, 0.5) is 5.69 Å². The molecule has 2 aromatic rings. The van der Waals surface area contributed by atoms with Crippen molar-refractivity contribution in [1.82, 2.24) is 0 Å². The van der Waals surface area contributed by atoms with E-state index in [1.807, 2.05) is 24.3 Å². The second-order valence-corrected chi connectivity index (χ2v) is 5.45. The van der Waals surface area contributed by atoms with Gasteiger partial charge in [0.1, 0.15) is 0 Å². The lowest BCUT2D eigenvalue weighted by molar-refractivity contribution is 0.318. The second kappa shape index (κ2) is 6.48. The Morgan fingerprint density at radius 2 is 1.86 bits per heavy atom. The van der Waals surface area contributed by atoms with E-state index in [9.17, 15) is 0 Å². The molecular formula is C17H23N3O. The molecule has 0 radical (unpaired) electrons. The fourth-order valence-corrected chi connectivity index (χ4v) is 2.71. The Kier molecular flexibility index (Phi) is 4.68. The molecule has 0 amide bonds. The zero-order chi connectivity index (χ0) is 15.4. The van der Waals surface area contributed by atoms with Crippen LogP contribution in [0.2, 0.25) is 0 Å². The number of hydrogen-bond acceptors (Lipinski definition) is 3. The van der Waals surface area contributed by atoms with E-state index in [1.54, 1.807) is 0 Å². The van der Waals surface area contributed by atoms with Crippen molar-refractivity contribution >= 4 is 22.3 Å². The van der Waals surface area contributed by atoms with Gasteiger partial charge in [0.2, 0.25) is 0 Å². The highest BCUT2D eigenvalue weighted by Gasteiger charge is 2.15. The molecule has 2 rings (SSSR count). The molecule has 0 heterocycles. The van der Waals surface area contributed by atoms with Gasteiger partial charge in [-0.05, 0) is 37.8 Å². The van der Waals surface area contributed by atoms with Crippen LogP contribution >= 0.6 is 0 Å². The molecule has 0 saturated carbocycles. The SMILES string of the molecule is CCCN(c1ccc(/C(N)=N/O)c2ccccc12)C(C)C. The first-order valence-corrected chi connectivity index (χ1v) is 7.36. The summed E-state index contributed by atoms with van der Waals surface area (Å²) in [7, 11) is 0. The van der Waals surface area contributed by atoms with Crippen molar-refractivity contribution in [1.29, 1.82) is 0 Å². The summed E-state index contributed by atoms with van der Waals surface area (Å²) in [6.45, 7) is 7.58. The van der Waals surface area contributed by atoms with Crippen LogP contribution in [0.25, 0.3) is 10.8 Å². The molecule has 4 nitrogen and oxygen atoms in total. The van der Waals surface area contributed by atoms with Crippen molar-refractivity contribution in [3.05, 3.63) is 42.0 Å². The van der Waals surface area contributed by atoms with Gasteiger partial charge in [-0.2, -0.15) is 0 Å². The molecule has 0 bridgehead atoms. The smallest absolute Gasteiger partial charge is 0.170 e. The van der Waals surface area contributed by atoms with Crippen LogP contribution < -0.4 is 10.6 Å². The topological polar surface area (TPSA) is 61.8 Å². The van der Waals surface area contributed by atoms with Gasteiger partial charge in [0.25, 0.3) is 0 Å². The summed E-state index contributed by atoms with van der Waals surface area (Å²) in [4.78, 5) is 2.39. The third kappa shape index (κ3) is 2.94. The van der Waals surface area contributed by atoms with E-state index < -0.39 is 0 Å². The van der Waals surface area contributed by atoms with Crippen molar-refractivity contribution in [2.24, 2.45) is 10.9 Å². The van der Waals surface area contributed by atoms with Crippen LogP contribution in [-0.2, 0) is 0 Å². The first kappa shape index (κ1) is 15.2. The van der Waals surface area contributed by atoms with E-state index in [0.29, 0.717) is 6.04 Å². The average Bonchev–Trinajstić information content (AvgIpc) is 2.51. The number of hydrogen-bond donors (Lipinski definition) is 2. The maximum atomic E-state index is 8.95. The standard InChI is InChI=1S/C17H23N3O/c1-4-11-20(12(2)3)16-10-9-15(17(18)19-21)13-7-5-6-8-14(13)16/h5-10,12,21H,4,11H2,1-3H3,(H2,18,19). The molecule has 0 aliphatic carbocycles. The Bertz CT molecular complexity index is 650. The third-order valence-corrected chi connectivity index (χ3v) is 3.68. The minimum Gasteiger partial charge on any atom is -0.409 e. The van der Waals surface area contributed by atoms with E-state index in [2.05, 4.69) is 43.0 Å². The number of rotatable bonds is 5. The van der Waals surface area contributed by atoms with E-state index in [0.717, 1.165) is 29.3 Å². The molecule has 3 N–H and O–H groups in total. The molecule has 0 aromatic heterocycles. The highest BCUT2D eigenvalue weighted by Crippen LogP contribution is 2.30. The number of oxime groups is 1.